The monoisotopic (exact) mass is 599 g/mol. The molecular weight excluding hydrogens is 562 g/mol. The van der Waals surface area contributed by atoms with Gasteiger partial charge in [-0.25, -0.2) is 9.98 Å². The number of aromatic nitrogens is 5. The van der Waals surface area contributed by atoms with Crippen molar-refractivity contribution in [3.8, 4) is 0 Å². The maximum Gasteiger partial charge on any atom is 0.248 e. The number of nitrogens with zero attached hydrogens (tertiary/aromatic N) is 9. The third-order valence-electron chi connectivity index (χ3n) is 8.45. The lowest BCUT2D eigenvalue weighted by Crippen LogP contribution is -2.50. The van der Waals surface area contributed by atoms with Crippen molar-refractivity contribution in [1.82, 2.24) is 40.3 Å². The molecule has 1 aromatic carbocycles. The average molecular weight is 600 g/mol. The number of amides is 2. The van der Waals surface area contributed by atoms with E-state index in [0.29, 0.717) is 51.6 Å². The number of aliphatic imine (C=N–C) groups is 2. The van der Waals surface area contributed by atoms with Gasteiger partial charge in [-0.2, -0.15) is 20.5 Å². The van der Waals surface area contributed by atoms with Crippen LogP contribution in [0, 0.1) is 0 Å². The SMILES string of the molecule is C=NC(=NC1Cc2ccccc2C1)N/C=C(\C)c1cn(CC(=O)N2CCc3n[nH]nc3C2)nc1N1CCN(C(=O)CO)CC1. The smallest absolute Gasteiger partial charge is 0.248 e. The molecule has 1 saturated heterocycles. The molecule has 0 saturated carbocycles. The number of aliphatic hydroxyl groups is 1. The molecule has 14 nitrogen and oxygen atoms in total. The molecule has 230 valence electrons. The van der Waals surface area contributed by atoms with E-state index in [1.54, 1.807) is 14.5 Å². The molecule has 0 bridgehead atoms. The average Bonchev–Trinajstić information content (AvgIpc) is 3.80. The Morgan fingerprint density at radius 2 is 1.80 bits per heavy atom. The topological polar surface area (TPSA) is 160 Å². The van der Waals surface area contributed by atoms with Gasteiger partial charge in [0.15, 0.2) is 5.82 Å². The first-order valence-corrected chi connectivity index (χ1v) is 14.8. The Morgan fingerprint density at radius 3 is 2.50 bits per heavy atom. The number of benzene rings is 1. The highest BCUT2D eigenvalue weighted by Crippen LogP contribution is 2.27. The van der Waals surface area contributed by atoms with E-state index >= 15 is 0 Å². The first kappa shape index (κ1) is 29.2. The molecule has 6 rings (SSSR count). The normalized spacial score (nSPS) is 17.5. The number of carbonyl (C=O) groups is 2. The molecule has 2 aliphatic heterocycles. The molecule has 0 atom stereocenters. The largest absolute Gasteiger partial charge is 0.387 e. The molecule has 0 radical (unpaired) electrons. The fraction of sp³-hybridized carbons (Fsp3) is 0.433. The summed E-state index contributed by atoms with van der Waals surface area (Å²) in [6.07, 6.45) is 6.11. The third kappa shape index (κ3) is 6.25. The van der Waals surface area contributed by atoms with Crippen LogP contribution in [-0.4, -0.2) is 110 Å². The molecule has 1 fully saturated rings. The number of anilines is 1. The maximum atomic E-state index is 13.3. The molecule has 2 aromatic heterocycles. The second kappa shape index (κ2) is 12.8. The highest BCUT2D eigenvalue weighted by Gasteiger charge is 2.27. The summed E-state index contributed by atoms with van der Waals surface area (Å²) in [6, 6.07) is 8.49. The van der Waals surface area contributed by atoms with E-state index in [0.717, 1.165) is 41.2 Å². The van der Waals surface area contributed by atoms with E-state index in [4.69, 9.17) is 10.1 Å². The number of fused-ring (bicyclic) bond motifs is 2. The number of rotatable bonds is 7. The Hall–Kier alpha value is -4.85. The minimum Gasteiger partial charge on any atom is -0.387 e. The van der Waals surface area contributed by atoms with Crippen molar-refractivity contribution in [3.05, 3.63) is 64.7 Å². The minimum atomic E-state index is -0.504. The summed E-state index contributed by atoms with van der Waals surface area (Å²) in [4.78, 5) is 39.8. The number of nitrogens with one attached hydrogen (secondary N) is 2. The number of allylic oxidation sites excluding steroid dienone is 1. The van der Waals surface area contributed by atoms with Crippen LogP contribution in [0.5, 0.6) is 0 Å². The van der Waals surface area contributed by atoms with E-state index in [9.17, 15) is 14.7 Å². The number of hydrogen-bond donors (Lipinski definition) is 3. The van der Waals surface area contributed by atoms with E-state index in [1.807, 2.05) is 19.3 Å². The van der Waals surface area contributed by atoms with Crippen LogP contribution in [0.3, 0.4) is 0 Å². The molecular formula is C30H37N11O3. The van der Waals surface area contributed by atoms with Crippen molar-refractivity contribution in [3.63, 3.8) is 0 Å². The second-order valence-electron chi connectivity index (χ2n) is 11.3. The van der Waals surface area contributed by atoms with Gasteiger partial charge in [-0.3, -0.25) is 14.3 Å². The second-order valence-corrected chi connectivity index (χ2v) is 11.3. The van der Waals surface area contributed by atoms with Gasteiger partial charge in [0.05, 0.1) is 18.3 Å². The Labute approximate surface area is 255 Å². The fourth-order valence-corrected chi connectivity index (χ4v) is 6.00. The van der Waals surface area contributed by atoms with E-state index < -0.39 is 6.61 Å². The van der Waals surface area contributed by atoms with Gasteiger partial charge in [-0.1, -0.05) is 24.3 Å². The van der Waals surface area contributed by atoms with Crippen LogP contribution in [0.15, 0.2) is 46.6 Å². The molecule has 3 aliphatic rings. The van der Waals surface area contributed by atoms with Crippen LogP contribution in [0.4, 0.5) is 5.82 Å². The molecule has 1 aliphatic carbocycles. The molecule has 0 spiro atoms. The summed E-state index contributed by atoms with van der Waals surface area (Å²) in [5.41, 5.74) is 6.05. The number of hydrogen-bond acceptors (Lipinski definition) is 8. The maximum absolute atomic E-state index is 13.3. The zero-order valence-corrected chi connectivity index (χ0v) is 24.8. The van der Waals surface area contributed by atoms with Crippen molar-refractivity contribution in [1.29, 1.82) is 0 Å². The van der Waals surface area contributed by atoms with Gasteiger partial charge in [0.1, 0.15) is 18.8 Å². The Morgan fingerprint density at radius 1 is 1.07 bits per heavy atom. The lowest BCUT2D eigenvalue weighted by atomic mass is 10.1. The van der Waals surface area contributed by atoms with Crippen molar-refractivity contribution in [2.75, 3.05) is 44.2 Å². The number of H-pyrrole nitrogens is 1. The van der Waals surface area contributed by atoms with Crippen LogP contribution in [0.1, 0.15) is 35.0 Å². The van der Waals surface area contributed by atoms with E-state index in [1.165, 1.54) is 11.1 Å². The summed E-state index contributed by atoms with van der Waals surface area (Å²) in [5, 5.41) is 28.3. The number of guanidine groups is 1. The Bertz CT molecular complexity index is 1570. The Kier molecular flexibility index (Phi) is 8.50. The zero-order chi connectivity index (χ0) is 30.6. The number of carbonyl (C=O) groups excluding carboxylic acids is 2. The third-order valence-corrected chi connectivity index (χ3v) is 8.45. The molecule has 14 heteroatoms. The molecule has 3 aromatic rings. The summed E-state index contributed by atoms with van der Waals surface area (Å²) >= 11 is 0. The van der Waals surface area contributed by atoms with Crippen molar-refractivity contribution >= 4 is 35.9 Å². The fourth-order valence-electron chi connectivity index (χ4n) is 6.00. The van der Waals surface area contributed by atoms with Crippen molar-refractivity contribution in [2.24, 2.45) is 9.98 Å². The van der Waals surface area contributed by atoms with Crippen molar-refractivity contribution < 1.29 is 14.7 Å². The van der Waals surface area contributed by atoms with Crippen molar-refractivity contribution in [2.45, 2.75) is 45.3 Å². The summed E-state index contributed by atoms with van der Waals surface area (Å²) < 4.78 is 1.67. The number of aliphatic hydroxyl groups excluding tert-OH is 1. The van der Waals surface area contributed by atoms with Gasteiger partial charge in [0.2, 0.25) is 17.8 Å². The Balaban J connectivity index is 1.19. The molecule has 4 heterocycles. The van der Waals surface area contributed by atoms with E-state index in [2.05, 4.69) is 61.6 Å². The minimum absolute atomic E-state index is 0.0554. The quantitative estimate of drug-likeness (QED) is 0.260. The van der Waals surface area contributed by atoms with Gasteiger partial charge in [0, 0.05) is 57.1 Å². The molecule has 2 amide bonds. The molecule has 0 unspecified atom stereocenters. The van der Waals surface area contributed by atoms with Crippen LogP contribution < -0.4 is 10.2 Å². The summed E-state index contributed by atoms with van der Waals surface area (Å²) in [6.45, 7) is 8.29. The van der Waals surface area contributed by atoms with Gasteiger partial charge >= 0.3 is 0 Å². The van der Waals surface area contributed by atoms with Gasteiger partial charge in [0.25, 0.3) is 0 Å². The lowest BCUT2D eigenvalue weighted by Gasteiger charge is -2.35. The first-order chi connectivity index (χ1) is 21.4. The van der Waals surface area contributed by atoms with Crippen LogP contribution >= 0.6 is 0 Å². The molecule has 3 N–H and O–H groups in total. The van der Waals surface area contributed by atoms with E-state index in [-0.39, 0.29) is 24.4 Å². The predicted octanol–water partition coefficient (Wildman–Crippen LogP) is 0.401. The highest BCUT2D eigenvalue weighted by atomic mass is 16.3. The zero-order valence-electron chi connectivity index (χ0n) is 24.8. The highest BCUT2D eigenvalue weighted by molar-refractivity contribution is 5.87. The van der Waals surface area contributed by atoms with Crippen LogP contribution in [-0.2, 0) is 41.9 Å². The number of aromatic amines is 1. The summed E-state index contributed by atoms with van der Waals surface area (Å²) in [7, 11) is 0. The van der Waals surface area contributed by atoms with Gasteiger partial charge in [-0.15, -0.1) is 0 Å². The van der Waals surface area contributed by atoms with Gasteiger partial charge in [-0.05, 0) is 43.2 Å². The first-order valence-electron chi connectivity index (χ1n) is 14.8. The number of piperazine rings is 1. The van der Waals surface area contributed by atoms with Crippen LogP contribution in [0.25, 0.3) is 5.57 Å². The van der Waals surface area contributed by atoms with Crippen LogP contribution in [0.2, 0.25) is 0 Å². The standard InChI is InChI=1S/C30H37N11O3/c1-20(15-32-30(31-2)33-23-13-21-5-3-4-6-22(21)14-23)24-16-41(18-27(43)40-8-7-25-26(17-40)35-37-34-25)36-29(24)39-11-9-38(10-12-39)28(44)19-42/h3-6,15-16,23,42H,2,7-14,17-19H2,1H3,(H,32,33)(H,34,35,37)/b20-15+. The predicted molar refractivity (Wildman–Crippen MR) is 165 cm³/mol. The molecule has 44 heavy (non-hydrogen) atoms. The lowest BCUT2D eigenvalue weighted by molar-refractivity contribution is -0.134. The summed E-state index contributed by atoms with van der Waals surface area (Å²) in [5.74, 6) is 0.824. The van der Waals surface area contributed by atoms with Gasteiger partial charge < -0.3 is 25.1 Å².